The molecule has 21 heavy (non-hydrogen) atoms. The van der Waals surface area contributed by atoms with Gasteiger partial charge in [-0.25, -0.2) is 10.2 Å². The van der Waals surface area contributed by atoms with Crippen molar-refractivity contribution >= 4 is 17.8 Å². The van der Waals surface area contributed by atoms with E-state index < -0.39 is 12.0 Å². The summed E-state index contributed by atoms with van der Waals surface area (Å²) in [4.78, 5) is 34.6. The molecular formula is C15H20N2O4. The number of nitrogens with one attached hydrogen (secondary N) is 2. The summed E-state index contributed by atoms with van der Waals surface area (Å²) in [5.41, 5.74) is 6.79. The van der Waals surface area contributed by atoms with Crippen LogP contribution >= 0.6 is 0 Å². The predicted molar refractivity (Wildman–Crippen MR) is 77.8 cm³/mol. The van der Waals surface area contributed by atoms with Crippen molar-refractivity contribution in [2.24, 2.45) is 0 Å². The zero-order valence-corrected chi connectivity index (χ0v) is 12.5. The lowest BCUT2D eigenvalue weighted by Gasteiger charge is -2.08. The zero-order valence-electron chi connectivity index (χ0n) is 12.5. The molecule has 0 bridgehead atoms. The van der Waals surface area contributed by atoms with Gasteiger partial charge in [0.05, 0.1) is 6.61 Å². The van der Waals surface area contributed by atoms with Crippen molar-refractivity contribution in [2.75, 3.05) is 6.61 Å². The molecule has 1 aromatic carbocycles. The highest BCUT2D eigenvalue weighted by molar-refractivity contribution is 5.99. The third kappa shape index (κ3) is 5.64. The minimum Gasteiger partial charge on any atom is -0.449 e. The Kier molecular flexibility index (Phi) is 6.39. The molecule has 0 spiro atoms. The van der Waals surface area contributed by atoms with Crippen LogP contribution in [0.1, 0.15) is 41.3 Å². The van der Waals surface area contributed by atoms with Gasteiger partial charge in [-0.3, -0.25) is 15.0 Å². The SMILES string of the molecule is CCOC(=O)NNC(=O)CCC(=O)c1cc(C)ccc1C. The van der Waals surface area contributed by atoms with Gasteiger partial charge in [-0.2, -0.15) is 0 Å². The van der Waals surface area contributed by atoms with Gasteiger partial charge in [0.15, 0.2) is 5.78 Å². The molecule has 1 rings (SSSR count). The van der Waals surface area contributed by atoms with Crippen LogP contribution in [0, 0.1) is 13.8 Å². The number of hydrazine groups is 1. The number of ketones is 1. The average molecular weight is 292 g/mol. The number of carbonyl (C=O) groups excluding carboxylic acids is 3. The van der Waals surface area contributed by atoms with Gasteiger partial charge in [0.25, 0.3) is 0 Å². The second kappa shape index (κ2) is 8.04. The van der Waals surface area contributed by atoms with E-state index in [9.17, 15) is 14.4 Å². The summed E-state index contributed by atoms with van der Waals surface area (Å²) in [6.07, 6.45) is -0.647. The first-order chi connectivity index (χ1) is 9.93. The third-order valence-electron chi connectivity index (χ3n) is 2.85. The first-order valence-electron chi connectivity index (χ1n) is 6.76. The van der Waals surface area contributed by atoms with Crippen LogP contribution in [0.3, 0.4) is 0 Å². The lowest BCUT2D eigenvalue weighted by molar-refractivity contribution is -0.121. The second-order valence-electron chi connectivity index (χ2n) is 4.64. The molecule has 0 atom stereocenters. The fourth-order valence-corrected chi connectivity index (χ4v) is 1.75. The van der Waals surface area contributed by atoms with E-state index in [1.54, 1.807) is 6.92 Å². The number of aryl methyl sites for hydroxylation is 2. The van der Waals surface area contributed by atoms with Crippen LogP contribution in [0.5, 0.6) is 0 Å². The molecule has 0 heterocycles. The van der Waals surface area contributed by atoms with Crippen LogP contribution < -0.4 is 10.9 Å². The van der Waals surface area contributed by atoms with Gasteiger partial charge in [-0.1, -0.05) is 17.7 Å². The van der Waals surface area contributed by atoms with Crippen LogP contribution in [0.4, 0.5) is 4.79 Å². The number of ether oxygens (including phenoxy) is 1. The van der Waals surface area contributed by atoms with Crippen LogP contribution in [0.15, 0.2) is 18.2 Å². The molecule has 0 fully saturated rings. The second-order valence-corrected chi connectivity index (χ2v) is 4.64. The predicted octanol–water partition coefficient (Wildman–Crippen LogP) is 2.04. The Bertz CT molecular complexity index is 540. The number of carbonyl (C=O) groups is 3. The summed E-state index contributed by atoms with van der Waals surface area (Å²) >= 11 is 0. The van der Waals surface area contributed by atoms with Crippen LogP contribution in [0.25, 0.3) is 0 Å². The minimum absolute atomic E-state index is 0.00137. The summed E-state index contributed by atoms with van der Waals surface area (Å²) in [5.74, 6) is -0.538. The van der Waals surface area contributed by atoms with E-state index in [0.29, 0.717) is 5.56 Å². The quantitative estimate of drug-likeness (QED) is 0.642. The van der Waals surface area contributed by atoms with Crippen molar-refractivity contribution in [1.82, 2.24) is 10.9 Å². The zero-order chi connectivity index (χ0) is 15.8. The Labute approximate surface area is 123 Å². The minimum atomic E-state index is -0.730. The van der Waals surface area contributed by atoms with E-state index in [0.717, 1.165) is 11.1 Å². The Hall–Kier alpha value is -2.37. The monoisotopic (exact) mass is 292 g/mol. The van der Waals surface area contributed by atoms with Crippen molar-refractivity contribution in [3.05, 3.63) is 34.9 Å². The fourth-order valence-electron chi connectivity index (χ4n) is 1.75. The maximum atomic E-state index is 12.1. The smallest absolute Gasteiger partial charge is 0.426 e. The lowest BCUT2D eigenvalue weighted by Crippen LogP contribution is -2.42. The van der Waals surface area contributed by atoms with Crippen molar-refractivity contribution in [3.8, 4) is 0 Å². The summed E-state index contributed by atoms with van der Waals surface area (Å²) in [5, 5.41) is 0. The molecule has 114 valence electrons. The van der Waals surface area contributed by atoms with Crippen molar-refractivity contribution in [1.29, 1.82) is 0 Å². The molecule has 0 unspecified atom stereocenters. The van der Waals surface area contributed by atoms with Gasteiger partial charge < -0.3 is 4.74 Å². The summed E-state index contributed by atoms with van der Waals surface area (Å²) < 4.78 is 4.58. The van der Waals surface area contributed by atoms with E-state index in [1.165, 1.54) is 0 Å². The topological polar surface area (TPSA) is 84.5 Å². The maximum Gasteiger partial charge on any atom is 0.426 e. The fraction of sp³-hybridized carbons (Fsp3) is 0.400. The number of amides is 2. The Balaban J connectivity index is 2.44. The molecule has 2 N–H and O–H groups in total. The van der Waals surface area contributed by atoms with E-state index in [4.69, 9.17) is 0 Å². The third-order valence-corrected chi connectivity index (χ3v) is 2.85. The highest BCUT2D eigenvalue weighted by Crippen LogP contribution is 2.13. The molecular weight excluding hydrogens is 272 g/mol. The van der Waals surface area contributed by atoms with Gasteiger partial charge in [-0.15, -0.1) is 0 Å². The van der Waals surface area contributed by atoms with E-state index in [2.05, 4.69) is 15.6 Å². The first kappa shape index (κ1) is 16.7. The number of hydrogen-bond acceptors (Lipinski definition) is 4. The largest absolute Gasteiger partial charge is 0.449 e. The molecule has 0 aliphatic rings. The van der Waals surface area contributed by atoms with Gasteiger partial charge in [0, 0.05) is 18.4 Å². The highest BCUT2D eigenvalue weighted by Gasteiger charge is 2.12. The number of hydrogen-bond donors (Lipinski definition) is 2. The Morgan fingerprint density at radius 3 is 2.48 bits per heavy atom. The van der Waals surface area contributed by atoms with Gasteiger partial charge in [0.1, 0.15) is 0 Å². The van der Waals surface area contributed by atoms with Crippen molar-refractivity contribution < 1.29 is 19.1 Å². The van der Waals surface area contributed by atoms with Crippen LogP contribution in [-0.2, 0) is 9.53 Å². The molecule has 1 aromatic rings. The molecule has 0 radical (unpaired) electrons. The molecule has 6 nitrogen and oxygen atoms in total. The van der Waals surface area contributed by atoms with E-state index in [1.807, 2.05) is 32.0 Å². The first-order valence-corrected chi connectivity index (χ1v) is 6.76. The number of benzene rings is 1. The van der Waals surface area contributed by atoms with Crippen LogP contribution in [0.2, 0.25) is 0 Å². The van der Waals surface area contributed by atoms with Gasteiger partial charge in [-0.05, 0) is 32.4 Å². The molecule has 0 saturated heterocycles. The highest BCUT2D eigenvalue weighted by atomic mass is 16.5. The molecule has 2 amide bonds. The van der Waals surface area contributed by atoms with E-state index >= 15 is 0 Å². The summed E-state index contributed by atoms with van der Waals surface area (Å²) in [6, 6.07) is 5.62. The molecule has 6 heteroatoms. The van der Waals surface area contributed by atoms with Gasteiger partial charge >= 0.3 is 6.09 Å². The Morgan fingerprint density at radius 2 is 1.81 bits per heavy atom. The molecule has 0 aromatic heterocycles. The van der Waals surface area contributed by atoms with Crippen LogP contribution in [-0.4, -0.2) is 24.4 Å². The van der Waals surface area contributed by atoms with Crippen molar-refractivity contribution in [3.63, 3.8) is 0 Å². The van der Waals surface area contributed by atoms with E-state index in [-0.39, 0.29) is 25.2 Å². The standard InChI is InChI=1S/C15H20N2O4/c1-4-21-15(20)17-16-14(19)8-7-13(18)12-9-10(2)5-6-11(12)3/h5-6,9H,4,7-8H2,1-3H3,(H,16,19)(H,17,20). The number of Topliss-reactive ketones (excluding diaryl/α,β-unsaturated/α-hetero) is 1. The average Bonchev–Trinajstić information content (AvgIpc) is 2.45. The Morgan fingerprint density at radius 1 is 1.10 bits per heavy atom. The van der Waals surface area contributed by atoms with Crippen molar-refractivity contribution in [2.45, 2.75) is 33.6 Å². The van der Waals surface area contributed by atoms with Gasteiger partial charge in [0.2, 0.25) is 5.91 Å². The lowest BCUT2D eigenvalue weighted by atomic mass is 9.99. The summed E-state index contributed by atoms with van der Waals surface area (Å²) in [6.45, 7) is 5.64. The number of rotatable bonds is 5. The maximum absolute atomic E-state index is 12.1. The molecule has 0 aliphatic carbocycles. The molecule has 0 saturated carbocycles. The summed E-state index contributed by atoms with van der Waals surface area (Å²) in [7, 11) is 0. The molecule has 0 aliphatic heterocycles. The normalized spacial score (nSPS) is 9.86.